The van der Waals surface area contributed by atoms with Gasteiger partial charge in [0.1, 0.15) is 11.9 Å². The summed E-state index contributed by atoms with van der Waals surface area (Å²) in [5.41, 5.74) is 0.448. The van der Waals surface area contributed by atoms with Crippen LogP contribution in [0.2, 0.25) is 0 Å². The molecule has 1 heterocycles. The molecule has 0 saturated carbocycles. The molecular weight excluding hydrogens is 250 g/mol. The van der Waals surface area contributed by atoms with E-state index in [0.717, 1.165) is 6.42 Å². The Balaban J connectivity index is 2.02. The lowest BCUT2D eigenvalue weighted by Crippen LogP contribution is -2.27. The van der Waals surface area contributed by atoms with E-state index in [-0.39, 0.29) is 5.91 Å². The van der Waals surface area contributed by atoms with Crippen molar-refractivity contribution in [3.8, 4) is 5.75 Å². The number of anilines is 1. The number of carbonyl (C=O) groups excluding carboxylic acids is 1. The summed E-state index contributed by atoms with van der Waals surface area (Å²) in [6.07, 6.45) is 1.13. The van der Waals surface area contributed by atoms with Gasteiger partial charge in [-0.2, -0.15) is 0 Å². The number of hydrogen-bond donors (Lipinski definition) is 2. The molecule has 1 aliphatic rings. The molecule has 1 fully saturated rings. The van der Waals surface area contributed by atoms with E-state index in [1.807, 2.05) is 0 Å². The van der Waals surface area contributed by atoms with E-state index in [4.69, 9.17) is 14.6 Å². The molecule has 0 bridgehead atoms. The van der Waals surface area contributed by atoms with Gasteiger partial charge in [-0.25, -0.2) is 4.79 Å². The third-order valence-corrected chi connectivity index (χ3v) is 2.72. The highest BCUT2D eigenvalue weighted by molar-refractivity contribution is 5.95. The van der Waals surface area contributed by atoms with Crippen LogP contribution in [0.3, 0.4) is 0 Å². The summed E-state index contributed by atoms with van der Waals surface area (Å²) >= 11 is 0. The second kappa shape index (κ2) is 6.19. The molecule has 6 heteroatoms. The average molecular weight is 265 g/mol. The summed E-state index contributed by atoms with van der Waals surface area (Å²) in [7, 11) is 0. The molecule has 1 atom stereocenters. The van der Waals surface area contributed by atoms with Crippen molar-refractivity contribution < 1.29 is 24.2 Å². The zero-order chi connectivity index (χ0) is 13.7. The van der Waals surface area contributed by atoms with E-state index in [2.05, 4.69) is 5.32 Å². The van der Waals surface area contributed by atoms with Crippen LogP contribution in [0.25, 0.3) is 0 Å². The van der Waals surface area contributed by atoms with Gasteiger partial charge in [0.2, 0.25) is 0 Å². The minimum absolute atomic E-state index is 0.233. The van der Waals surface area contributed by atoms with Gasteiger partial charge in [0.15, 0.2) is 6.61 Å². The number of carbonyl (C=O) groups is 2. The summed E-state index contributed by atoms with van der Waals surface area (Å²) in [6, 6.07) is 6.70. The highest BCUT2D eigenvalue weighted by Gasteiger charge is 2.24. The van der Waals surface area contributed by atoms with Crippen LogP contribution in [0, 0.1) is 0 Å². The van der Waals surface area contributed by atoms with Crippen LogP contribution in [0.1, 0.15) is 12.8 Å². The number of ether oxygens (including phenoxy) is 2. The van der Waals surface area contributed by atoms with Gasteiger partial charge >= 0.3 is 5.97 Å². The van der Waals surface area contributed by atoms with Crippen LogP contribution in [0.4, 0.5) is 5.69 Å². The molecule has 1 amide bonds. The van der Waals surface area contributed by atoms with Crippen molar-refractivity contribution in [3.63, 3.8) is 0 Å². The summed E-state index contributed by atoms with van der Waals surface area (Å²) in [4.78, 5) is 22.4. The maximum atomic E-state index is 11.9. The number of para-hydroxylation sites is 2. The first-order chi connectivity index (χ1) is 9.16. The van der Waals surface area contributed by atoms with Crippen LogP contribution in [0.5, 0.6) is 5.75 Å². The standard InChI is InChI=1S/C13H15NO5/c15-12(16)8-19-10-5-2-1-4-9(10)14-13(17)11-6-3-7-18-11/h1-2,4-5,11H,3,6-8H2,(H,14,17)(H,15,16)/t11-/m0/s1. The Morgan fingerprint density at radius 3 is 2.89 bits per heavy atom. The largest absolute Gasteiger partial charge is 0.480 e. The lowest BCUT2D eigenvalue weighted by molar-refractivity contribution is -0.139. The van der Waals surface area contributed by atoms with E-state index >= 15 is 0 Å². The number of rotatable bonds is 5. The van der Waals surface area contributed by atoms with E-state index in [9.17, 15) is 9.59 Å². The fourth-order valence-corrected chi connectivity index (χ4v) is 1.83. The molecule has 2 rings (SSSR count). The summed E-state index contributed by atoms with van der Waals surface area (Å²) in [5.74, 6) is -0.972. The fraction of sp³-hybridized carbons (Fsp3) is 0.385. The molecule has 102 valence electrons. The first kappa shape index (κ1) is 13.4. The van der Waals surface area contributed by atoms with Crippen molar-refractivity contribution in [2.45, 2.75) is 18.9 Å². The lowest BCUT2D eigenvalue weighted by atomic mass is 10.2. The van der Waals surface area contributed by atoms with E-state index < -0.39 is 18.7 Å². The van der Waals surface area contributed by atoms with Crippen molar-refractivity contribution in [1.29, 1.82) is 0 Å². The maximum absolute atomic E-state index is 11.9. The zero-order valence-corrected chi connectivity index (χ0v) is 10.3. The smallest absolute Gasteiger partial charge is 0.341 e. The number of carboxylic acid groups (broad SMARTS) is 1. The molecule has 0 spiro atoms. The third-order valence-electron chi connectivity index (χ3n) is 2.72. The van der Waals surface area contributed by atoms with Gasteiger partial charge in [0.25, 0.3) is 5.91 Å². The third kappa shape index (κ3) is 3.69. The molecule has 6 nitrogen and oxygen atoms in total. The Bertz CT molecular complexity index is 468. The Morgan fingerprint density at radius 1 is 1.42 bits per heavy atom. The second-order valence-corrected chi connectivity index (χ2v) is 4.17. The van der Waals surface area contributed by atoms with Gasteiger partial charge in [-0.15, -0.1) is 0 Å². The lowest BCUT2D eigenvalue weighted by Gasteiger charge is -2.13. The van der Waals surface area contributed by atoms with E-state index in [1.165, 1.54) is 0 Å². The minimum atomic E-state index is -1.07. The van der Waals surface area contributed by atoms with Gasteiger partial charge in [-0.05, 0) is 25.0 Å². The molecular formula is C13H15NO5. The first-order valence-corrected chi connectivity index (χ1v) is 6.03. The van der Waals surface area contributed by atoms with Crippen molar-refractivity contribution >= 4 is 17.6 Å². The van der Waals surface area contributed by atoms with Gasteiger partial charge in [0, 0.05) is 6.61 Å². The molecule has 1 aromatic carbocycles. The van der Waals surface area contributed by atoms with Gasteiger partial charge in [-0.3, -0.25) is 4.79 Å². The molecule has 1 aromatic rings. The number of benzene rings is 1. The highest BCUT2D eigenvalue weighted by atomic mass is 16.5. The van der Waals surface area contributed by atoms with E-state index in [0.29, 0.717) is 24.5 Å². The molecule has 1 aliphatic heterocycles. The summed E-state index contributed by atoms with van der Waals surface area (Å²) in [5, 5.41) is 11.3. The topological polar surface area (TPSA) is 84.9 Å². The van der Waals surface area contributed by atoms with Crippen molar-refractivity contribution in [2.24, 2.45) is 0 Å². The SMILES string of the molecule is O=C(O)COc1ccccc1NC(=O)[C@@H]1CCCO1. The molecule has 0 radical (unpaired) electrons. The second-order valence-electron chi connectivity index (χ2n) is 4.17. The Kier molecular flexibility index (Phi) is 4.35. The summed E-state index contributed by atoms with van der Waals surface area (Å²) in [6.45, 7) is 0.141. The van der Waals surface area contributed by atoms with Crippen LogP contribution in [0.15, 0.2) is 24.3 Å². The maximum Gasteiger partial charge on any atom is 0.341 e. The van der Waals surface area contributed by atoms with Gasteiger partial charge in [0.05, 0.1) is 5.69 Å². The zero-order valence-electron chi connectivity index (χ0n) is 10.3. The molecule has 19 heavy (non-hydrogen) atoms. The molecule has 0 aromatic heterocycles. The van der Waals surface area contributed by atoms with Crippen LogP contribution in [-0.2, 0) is 14.3 Å². The van der Waals surface area contributed by atoms with Crippen LogP contribution < -0.4 is 10.1 Å². The number of hydrogen-bond acceptors (Lipinski definition) is 4. The van der Waals surface area contributed by atoms with Crippen molar-refractivity contribution in [2.75, 3.05) is 18.5 Å². The van der Waals surface area contributed by atoms with Crippen LogP contribution >= 0.6 is 0 Å². The minimum Gasteiger partial charge on any atom is -0.480 e. The van der Waals surface area contributed by atoms with Crippen LogP contribution in [-0.4, -0.2) is 36.3 Å². The van der Waals surface area contributed by atoms with Crippen molar-refractivity contribution in [3.05, 3.63) is 24.3 Å². The number of carboxylic acids is 1. The monoisotopic (exact) mass is 265 g/mol. The van der Waals surface area contributed by atoms with Crippen molar-refractivity contribution in [1.82, 2.24) is 0 Å². The summed E-state index contributed by atoms with van der Waals surface area (Å²) < 4.78 is 10.4. The highest BCUT2D eigenvalue weighted by Crippen LogP contribution is 2.25. The predicted molar refractivity (Wildman–Crippen MR) is 67.2 cm³/mol. The Hall–Kier alpha value is -2.08. The normalized spacial score (nSPS) is 18.0. The molecule has 1 saturated heterocycles. The number of aliphatic carboxylic acids is 1. The molecule has 0 unspecified atom stereocenters. The average Bonchev–Trinajstić information content (AvgIpc) is 2.91. The molecule has 0 aliphatic carbocycles. The predicted octanol–water partition coefficient (Wildman–Crippen LogP) is 1.27. The van der Waals surface area contributed by atoms with Gasteiger partial charge in [-0.1, -0.05) is 12.1 Å². The number of nitrogens with one attached hydrogen (secondary N) is 1. The quantitative estimate of drug-likeness (QED) is 0.837. The Morgan fingerprint density at radius 2 is 2.21 bits per heavy atom. The Labute approximate surface area is 110 Å². The van der Waals surface area contributed by atoms with E-state index in [1.54, 1.807) is 24.3 Å². The fourth-order valence-electron chi connectivity index (χ4n) is 1.83. The van der Waals surface area contributed by atoms with Gasteiger partial charge < -0.3 is 19.9 Å². The first-order valence-electron chi connectivity index (χ1n) is 6.03. The molecule has 2 N–H and O–H groups in total. The number of amides is 1.